The van der Waals surface area contributed by atoms with Gasteiger partial charge in [0.2, 0.25) is 5.91 Å². The van der Waals surface area contributed by atoms with E-state index in [0.717, 1.165) is 11.3 Å². The van der Waals surface area contributed by atoms with Gasteiger partial charge in [-0.15, -0.1) is 0 Å². The van der Waals surface area contributed by atoms with Crippen LogP contribution < -0.4 is 5.32 Å². The number of carbonyl (C=O) groups excluding carboxylic acids is 1. The Hall–Kier alpha value is -1.77. The van der Waals surface area contributed by atoms with Crippen molar-refractivity contribution in [1.82, 2.24) is 5.32 Å². The number of hydrogen-bond acceptors (Lipinski definition) is 2. The lowest BCUT2D eigenvalue weighted by atomic mass is 10.3. The average molecular weight is 205 g/mol. The number of rotatable bonds is 4. The van der Waals surface area contributed by atoms with Crippen LogP contribution >= 0.6 is 0 Å². The Balaban J connectivity index is 2.44. The van der Waals surface area contributed by atoms with Crippen molar-refractivity contribution in [3.63, 3.8) is 0 Å². The van der Waals surface area contributed by atoms with Crippen LogP contribution in [0.3, 0.4) is 0 Å². The first-order chi connectivity index (χ1) is 7.08. The van der Waals surface area contributed by atoms with Crippen LogP contribution in [0.5, 0.6) is 0 Å². The zero-order valence-corrected chi connectivity index (χ0v) is 9.04. The van der Waals surface area contributed by atoms with Gasteiger partial charge in [-0.3, -0.25) is 4.79 Å². The summed E-state index contributed by atoms with van der Waals surface area (Å²) < 4.78 is 5.28. The molecule has 3 heteroatoms. The lowest BCUT2D eigenvalue weighted by Gasteiger charge is -1.99. The molecule has 3 nitrogen and oxygen atoms in total. The van der Waals surface area contributed by atoms with Gasteiger partial charge in [0.05, 0.1) is 0 Å². The van der Waals surface area contributed by atoms with E-state index in [1.165, 1.54) is 6.08 Å². The molecule has 15 heavy (non-hydrogen) atoms. The standard InChI is InChI=1S/C12H15NO2/c1-9(2)8-13-12(14)7-6-11-5-4-10(3)15-11/h4-7H,1,8H2,2-3H3,(H,13,14)/b7-6+. The molecule has 1 amide bonds. The van der Waals surface area contributed by atoms with Gasteiger partial charge in [-0.1, -0.05) is 12.2 Å². The lowest BCUT2D eigenvalue weighted by molar-refractivity contribution is -0.116. The fourth-order valence-electron chi connectivity index (χ4n) is 0.998. The third-order valence-electron chi connectivity index (χ3n) is 1.72. The summed E-state index contributed by atoms with van der Waals surface area (Å²) >= 11 is 0. The Morgan fingerprint density at radius 3 is 2.87 bits per heavy atom. The maximum absolute atomic E-state index is 11.2. The van der Waals surface area contributed by atoms with Gasteiger partial charge in [0.15, 0.2) is 0 Å². The first-order valence-electron chi connectivity index (χ1n) is 4.74. The van der Waals surface area contributed by atoms with Crippen LogP contribution in [-0.2, 0) is 4.79 Å². The molecule has 0 spiro atoms. The predicted molar refractivity (Wildman–Crippen MR) is 60.3 cm³/mol. The smallest absolute Gasteiger partial charge is 0.244 e. The molecular weight excluding hydrogens is 190 g/mol. The van der Waals surface area contributed by atoms with Crippen molar-refractivity contribution in [2.24, 2.45) is 0 Å². The van der Waals surface area contributed by atoms with Gasteiger partial charge in [0, 0.05) is 12.6 Å². The molecule has 0 bridgehead atoms. The van der Waals surface area contributed by atoms with Crippen LogP contribution in [-0.4, -0.2) is 12.5 Å². The highest BCUT2D eigenvalue weighted by molar-refractivity contribution is 5.91. The second kappa shape index (κ2) is 5.20. The maximum atomic E-state index is 11.2. The summed E-state index contributed by atoms with van der Waals surface area (Å²) in [6.07, 6.45) is 3.09. The molecule has 0 fully saturated rings. The van der Waals surface area contributed by atoms with Gasteiger partial charge in [0.25, 0.3) is 0 Å². The molecule has 0 aliphatic heterocycles. The van der Waals surface area contributed by atoms with Crippen LogP contribution in [0.25, 0.3) is 6.08 Å². The van der Waals surface area contributed by atoms with Crippen LogP contribution in [0.2, 0.25) is 0 Å². The Kier molecular flexibility index (Phi) is 3.92. The minimum Gasteiger partial charge on any atom is -0.462 e. The molecular formula is C12H15NO2. The van der Waals surface area contributed by atoms with Crippen LogP contribution in [0.1, 0.15) is 18.4 Å². The molecule has 1 rings (SSSR count). The van der Waals surface area contributed by atoms with Crippen molar-refractivity contribution >= 4 is 12.0 Å². The Morgan fingerprint density at radius 1 is 1.60 bits per heavy atom. The normalized spacial score (nSPS) is 10.5. The van der Waals surface area contributed by atoms with Gasteiger partial charge in [-0.2, -0.15) is 0 Å². The molecule has 80 valence electrons. The van der Waals surface area contributed by atoms with E-state index in [4.69, 9.17) is 4.42 Å². The summed E-state index contributed by atoms with van der Waals surface area (Å²) in [6, 6.07) is 3.67. The summed E-state index contributed by atoms with van der Waals surface area (Å²) in [4.78, 5) is 11.2. The van der Waals surface area contributed by atoms with Gasteiger partial charge in [-0.25, -0.2) is 0 Å². The van der Waals surface area contributed by atoms with E-state index in [1.54, 1.807) is 6.08 Å². The molecule has 0 aliphatic rings. The number of carbonyl (C=O) groups is 1. The molecule has 0 saturated heterocycles. The molecule has 0 unspecified atom stereocenters. The van der Waals surface area contributed by atoms with Crippen molar-refractivity contribution in [1.29, 1.82) is 0 Å². The molecule has 1 heterocycles. The van der Waals surface area contributed by atoms with E-state index in [-0.39, 0.29) is 5.91 Å². The summed E-state index contributed by atoms with van der Waals surface area (Å²) in [5.41, 5.74) is 0.922. The average Bonchev–Trinajstić information content (AvgIpc) is 2.58. The monoisotopic (exact) mass is 205 g/mol. The Labute approximate surface area is 89.5 Å². The summed E-state index contributed by atoms with van der Waals surface area (Å²) in [7, 11) is 0. The molecule has 0 atom stereocenters. The highest BCUT2D eigenvalue weighted by atomic mass is 16.3. The Bertz CT molecular complexity index is 388. The molecule has 1 N–H and O–H groups in total. The van der Waals surface area contributed by atoms with Crippen molar-refractivity contribution in [3.05, 3.63) is 41.9 Å². The summed E-state index contributed by atoms with van der Waals surface area (Å²) in [5.74, 6) is 1.36. The zero-order valence-electron chi connectivity index (χ0n) is 9.04. The highest BCUT2D eigenvalue weighted by Crippen LogP contribution is 2.07. The Morgan fingerprint density at radius 2 is 2.33 bits per heavy atom. The van der Waals surface area contributed by atoms with Gasteiger partial charge >= 0.3 is 0 Å². The first kappa shape index (κ1) is 11.3. The first-order valence-corrected chi connectivity index (χ1v) is 4.74. The van der Waals surface area contributed by atoms with Gasteiger partial charge in [-0.05, 0) is 32.1 Å². The van der Waals surface area contributed by atoms with Gasteiger partial charge < -0.3 is 9.73 Å². The van der Waals surface area contributed by atoms with E-state index in [2.05, 4.69) is 11.9 Å². The van der Waals surface area contributed by atoms with Crippen molar-refractivity contribution in [2.45, 2.75) is 13.8 Å². The van der Waals surface area contributed by atoms with Crippen molar-refractivity contribution in [3.8, 4) is 0 Å². The molecule has 1 aromatic heterocycles. The maximum Gasteiger partial charge on any atom is 0.244 e. The minimum atomic E-state index is -0.146. The largest absolute Gasteiger partial charge is 0.462 e. The third kappa shape index (κ3) is 4.31. The number of furan rings is 1. The minimum absolute atomic E-state index is 0.146. The SMILES string of the molecule is C=C(C)CNC(=O)/C=C/c1ccc(C)o1. The topological polar surface area (TPSA) is 42.2 Å². The predicted octanol–water partition coefficient (Wildman–Crippen LogP) is 2.29. The molecule has 0 saturated carbocycles. The van der Waals surface area contributed by atoms with E-state index >= 15 is 0 Å². The van der Waals surface area contributed by atoms with E-state index in [9.17, 15) is 4.79 Å². The lowest BCUT2D eigenvalue weighted by Crippen LogP contribution is -2.22. The molecule has 0 radical (unpaired) electrons. The van der Waals surface area contributed by atoms with E-state index < -0.39 is 0 Å². The zero-order chi connectivity index (χ0) is 11.3. The number of amides is 1. The summed E-state index contributed by atoms with van der Waals surface area (Å²) in [5, 5.41) is 2.69. The fraction of sp³-hybridized carbons (Fsp3) is 0.250. The van der Waals surface area contributed by atoms with Crippen LogP contribution in [0, 0.1) is 6.92 Å². The highest BCUT2D eigenvalue weighted by Gasteiger charge is 1.96. The van der Waals surface area contributed by atoms with Crippen LogP contribution in [0.4, 0.5) is 0 Å². The number of nitrogens with one attached hydrogen (secondary N) is 1. The van der Waals surface area contributed by atoms with E-state index in [0.29, 0.717) is 12.3 Å². The molecule has 1 aromatic rings. The van der Waals surface area contributed by atoms with E-state index in [1.807, 2.05) is 26.0 Å². The number of hydrogen-bond donors (Lipinski definition) is 1. The van der Waals surface area contributed by atoms with Crippen molar-refractivity contribution in [2.75, 3.05) is 6.54 Å². The molecule has 0 aliphatic carbocycles. The van der Waals surface area contributed by atoms with Crippen molar-refractivity contribution < 1.29 is 9.21 Å². The second-order valence-electron chi connectivity index (χ2n) is 3.46. The molecule has 0 aromatic carbocycles. The second-order valence-corrected chi connectivity index (χ2v) is 3.46. The van der Waals surface area contributed by atoms with Gasteiger partial charge in [0.1, 0.15) is 11.5 Å². The quantitative estimate of drug-likeness (QED) is 0.605. The summed E-state index contributed by atoms with van der Waals surface area (Å²) in [6.45, 7) is 7.91. The fourth-order valence-corrected chi connectivity index (χ4v) is 0.998. The number of aryl methyl sites for hydroxylation is 1. The van der Waals surface area contributed by atoms with Crippen LogP contribution in [0.15, 0.2) is 34.8 Å². The third-order valence-corrected chi connectivity index (χ3v) is 1.72.